The minimum absolute atomic E-state index is 0.0301. The van der Waals surface area contributed by atoms with E-state index in [1.807, 2.05) is 12.1 Å². The smallest absolute Gasteiger partial charge is 0.321 e. The third kappa shape index (κ3) is 6.02. The normalized spacial score (nSPS) is 14.5. The number of nitrogens with zero attached hydrogens (tertiary/aromatic N) is 2. The minimum Gasteiger partial charge on any atom is -0.497 e. The molecular formula is C22H26FN3O3. The van der Waals surface area contributed by atoms with E-state index >= 15 is 0 Å². The molecule has 0 saturated carbocycles. The molecule has 0 spiro atoms. The largest absolute Gasteiger partial charge is 0.497 e. The Morgan fingerprint density at radius 2 is 1.66 bits per heavy atom. The van der Waals surface area contributed by atoms with Crippen molar-refractivity contribution in [1.82, 2.24) is 9.80 Å². The van der Waals surface area contributed by atoms with Crippen molar-refractivity contribution in [3.05, 3.63) is 59.9 Å². The molecule has 0 unspecified atom stereocenters. The van der Waals surface area contributed by atoms with Gasteiger partial charge in [0.05, 0.1) is 7.11 Å². The quantitative estimate of drug-likeness (QED) is 0.722. The van der Waals surface area contributed by atoms with Crippen LogP contribution < -0.4 is 10.1 Å². The minimum atomic E-state index is -0.338. The fourth-order valence-electron chi connectivity index (χ4n) is 3.29. The van der Waals surface area contributed by atoms with E-state index in [1.54, 1.807) is 24.1 Å². The first-order valence-corrected chi connectivity index (χ1v) is 9.76. The van der Waals surface area contributed by atoms with Crippen LogP contribution in [0.1, 0.15) is 23.2 Å². The van der Waals surface area contributed by atoms with E-state index in [4.69, 9.17) is 4.74 Å². The Labute approximate surface area is 170 Å². The molecule has 3 rings (SSSR count). The van der Waals surface area contributed by atoms with Crippen molar-refractivity contribution in [2.24, 2.45) is 0 Å². The van der Waals surface area contributed by atoms with Crippen molar-refractivity contribution in [3.63, 3.8) is 0 Å². The van der Waals surface area contributed by atoms with Crippen molar-refractivity contribution in [2.45, 2.75) is 12.8 Å². The number of anilines is 1. The molecule has 0 bridgehead atoms. The van der Waals surface area contributed by atoms with Gasteiger partial charge in [0, 0.05) is 43.9 Å². The number of rotatable bonds is 7. The van der Waals surface area contributed by atoms with E-state index in [-0.39, 0.29) is 17.6 Å². The molecule has 0 aliphatic carbocycles. The predicted molar refractivity (Wildman–Crippen MR) is 110 cm³/mol. The summed E-state index contributed by atoms with van der Waals surface area (Å²) in [6.45, 7) is 3.66. The second kappa shape index (κ2) is 10.0. The molecule has 0 atom stereocenters. The summed E-state index contributed by atoms with van der Waals surface area (Å²) < 4.78 is 18.0. The highest BCUT2D eigenvalue weighted by Gasteiger charge is 2.21. The van der Waals surface area contributed by atoms with Crippen LogP contribution in [0, 0.1) is 5.82 Å². The van der Waals surface area contributed by atoms with Gasteiger partial charge in [-0.25, -0.2) is 9.18 Å². The van der Waals surface area contributed by atoms with Gasteiger partial charge in [0.2, 0.25) is 0 Å². The average Bonchev–Trinajstić information content (AvgIpc) is 2.75. The zero-order valence-electron chi connectivity index (χ0n) is 16.6. The van der Waals surface area contributed by atoms with E-state index in [1.165, 1.54) is 24.3 Å². The van der Waals surface area contributed by atoms with Gasteiger partial charge in [-0.05, 0) is 61.5 Å². The summed E-state index contributed by atoms with van der Waals surface area (Å²) in [5, 5.41) is 2.90. The van der Waals surface area contributed by atoms with E-state index < -0.39 is 0 Å². The Hall–Kier alpha value is -2.93. The van der Waals surface area contributed by atoms with Crippen LogP contribution in [-0.2, 0) is 0 Å². The first-order valence-electron chi connectivity index (χ1n) is 9.76. The monoisotopic (exact) mass is 399 g/mol. The first-order chi connectivity index (χ1) is 14.0. The van der Waals surface area contributed by atoms with E-state index in [0.717, 1.165) is 37.5 Å². The summed E-state index contributed by atoms with van der Waals surface area (Å²) in [5.41, 5.74) is 1.28. The second-order valence-electron chi connectivity index (χ2n) is 7.02. The Bertz CT molecular complexity index is 816. The summed E-state index contributed by atoms with van der Waals surface area (Å²) in [6, 6.07) is 12.8. The van der Waals surface area contributed by atoms with Crippen LogP contribution in [0.3, 0.4) is 0 Å². The van der Waals surface area contributed by atoms with Gasteiger partial charge in [-0.15, -0.1) is 0 Å². The van der Waals surface area contributed by atoms with E-state index in [0.29, 0.717) is 25.1 Å². The third-order valence-electron chi connectivity index (χ3n) is 5.05. The fourth-order valence-corrected chi connectivity index (χ4v) is 3.29. The lowest BCUT2D eigenvalue weighted by molar-refractivity contribution is 0.0969. The number of hydrogen-bond donors (Lipinski definition) is 1. The number of hydrogen-bond acceptors (Lipinski definition) is 4. The summed E-state index contributed by atoms with van der Waals surface area (Å²) in [7, 11) is 1.60. The molecular weight excluding hydrogens is 373 g/mol. The van der Waals surface area contributed by atoms with Crippen molar-refractivity contribution >= 4 is 17.5 Å². The number of amides is 2. The summed E-state index contributed by atoms with van der Waals surface area (Å²) in [5.74, 6) is 0.437. The SMILES string of the molecule is COc1ccc(NC(=O)N2CCN(CCCC(=O)c3ccc(F)cc3)CC2)cc1. The number of nitrogens with one attached hydrogen (secondary N) is 1. The number of urea groups is 1. The number of ether oxygens (including phenoxy) is 1. The van der Waals surface area contributed by atoms with Gasteiger partial charge < -0.3 is 15.0 Å². The third-order valence-corrected chi connectivity index (χ3v) is 5.05. The number of halogens is 1. The predicted octanol–water partition coefficient (Wildman–Crippen LogP) is 3.65. The van der Waals surface area contributed by atoms with Crippen LogP contribution in [0.2, 0.25) is 0 Å². The van der Waals surface area contributed by atoms with Gasteiger partial charge in [-0.2, -0.15) is 0 Å². The van der Waals surface area contributed by atoms with Crippen LogP contribution in [0.15, 0.2) is 48.5 Å². The highest BCUT2D eigenvalue weighted by molar-refractivity contribution is 5.96. The van der Waals surface area contributed by atoms with Gasteiger partial charge in [0.15, 0.2) is 5.78 Å². The number of piperazine rings is 1. The van der Waals surface area contributed by atoms with Gasteiger partial charge in [0.25, 0.3) is 0 Å². The number of ketones is 1. The highest BCUT2D eigenvalue weighted by Crippen LogP contribution is 2.16. The molecule has 0 aromatic heterocycles. The maximum absolute atomic E-state index is 12.9. The fraction of sp³-hybridized carbons (Fsp3) is 0.364. The molecule has 29 heavy (non-hydrogen) atoms. The topological polar surface area (TPSA) is 61.9 Å². The lowest BCUT2D eigenvalue weighted by atomic mass is 10.1. The lowest BCUT2D eigenvalue weighted by Crippen LogP contribution is -2.50. The molecule has 1 N–H and O–H groups in total. The Balaban J connectivity index is 1.36. The molecule has 2 aromatic rings. The number of carbonyl (C=O) groups is 2. The molecule has 2 aromatic carbocycles. The van der Waals surface area contributed by atoms with E-state index in [9.17, 15) is 14.0 Å². The Morgan fingerprint density at radius 1 is 1.00 bits per heavy atom. The maximum atomic E-state index is 12.9. The van der Waals surface area contributed by atoms with Crippen LogP contribution in [-0.4, -0.2) is 61.4 Å². The molecule has 0 radical (unpaired) electrons. The second-order valence-corrected chi connectivity index (χ2v) is 7.02. The molecule has 154 valence electrons. The van der Waals surface area contributed by atoms with Crippen LogP contribution in [0.4, 0.5) is 14.9 Å². The molecule has 1 aliphatic heterocycles. The molecule has 1 aliphatic rings. The lowest BCUT2D eigenvalue weighted by Gasteiger charge is -2.34. The van der Waals surface area contributed by atoms with E-state index in [2.05, 4.69) is 10.2 Å². The summed E-state index contributed by atoms with van der Waals surface area (Å²) >= 11 is 0. The molecule has 1 heterocycles. The summed E-state index contributed by atoms with van der Waals surface area (Å²) in [4.78, 5) is 28.6. The maximum Gasteiger partial charge on any atom is 0.321 e. The molecule has 6 nitrogen and oxygen atoms in total. The van der Waals surface area contributed by atoms with Crippen LogP contribution >= 0.6 is 0 Å². The molecule has 2 amide bonds. The van der Waals surface area contributed by atoms with Crippen LogP contribution in [0.5, 0.6) is 5.75 Å². The standard InChI is InChI=1S/C22H26FN3O3/c1-29-20-10-8-19(9-11-20)24-22(28)26-15-13-25(14-16-26)12-2-3-21(27)17-4-6-18(23)7-5-17/h4-11H,2-3,12-16H2,1H3,(H,24,28). The number of carbonyl (C=O) groups excluding carboxylic acids is 2. The van der Waals surface area contributed by atoms with Crippen molar-refractivity contribution in [1.29, 1.82) is 0 Å². The first kappa shape index (κ1) is 20.8. The molecule has 7 heteroatoms. The van der Waals surface area contributed by atoms with Crippen molar-refractivity contribution in [3.8, 4) is 5.75 Å². The van der Waals surface area contributed by atoms with Crippen molar-refractivity contribution in [2.75, 3.05) is 45.2 Å². The number of Topliss-reactive ketones (excluding diaryl/α,β-unsaturated/α-hetero) is 1. The molecule has 1 saturated heterocycles. The highest BCUT2D eigenvalue weighted by atomic mass is 19.1. The Morgan fingerprint density at radius 3 is 2.28 bits per heavy atom. The van der Waals surface area contributed by atoms with Gasteiger partial charge >= 0.3 is 6.03 Å². The average molecular weight is 399 g/mol. The zero-order valence-corrected chi connectivity index (χ0v) is 16.6. The van der Waals surface area contributed by atoms with Gasteiger partial charge in [-0.3, -0.25) is 9.69 Å². The van der Waals surface area contributed by atoms with Gasteiger partial charge in [0.1, 0.15) is 11.6 Å². The zero-order chi connectivity index (χ0) is 20.6. The summed E-state index contributed by atoms with van der Waals surface area (Å²) in [6.07, 6.45) is 1.18. The Kier molecular flexibility index (Phi) is 7.19. The van der Waals surface area contributed by atoms with Crippen molar-refractivity contribution < 1.29 is 18.7 Å². The number of benzene rings is 2. The molecule has 1 fully saturated rings. The number of methoxy groups -OCH3 is 1. The van der Waals surface area contributed by atoms with Gasteiger partial charge in [-0.1, -0.05) is 0 Å². The van der Waals surface area contributed by atoms with Crippen LogP contribution in [0.25, 0.3) is 0 Å².